The van der Waals surface area contributed by atoms with E-state index in [9.17, 15) is 0 Å². The van der Waals surface area contributed by atoms with Gasteiger partial charge in [-0.25, -0.2) is 0 Å². The SMILES string of the molecule is CCB(CC)CCC1(CCB(CC)CC)CC[Si](C)(C)[Si](C)(C)O1. The zero-order valence-electron chi connectivity index (χ0n) is 18.1. The highest BCUT2D eigenvalue weighted by Crippen LogP contribution is 2.44. The van der Waals surface area contributed by atoms with Crippen molar-refractivity contribution < 1.29 is 4.43 Å². The van der Waals surface area contributed by atoms with Crippen molar-refractivity contribution in [3.05, 3.63) is 0 Å². The summed E-state index contributed by atoms with van der Waals surface area (Å²) in [4.78, 5) is 0. The smallest absolute Gasteiger partial charge is 0.174 e. The highest BCUT2D eigenvalue weighted by atomic mass is 29.3. The monoisotopic (exact) mass is 366 g/mol. The van der Waals surface area contributed by atoms with Crippen LogP contribution >= 0.6 is 0 Å². The largest absolute Gasteiger partial charge is 0.415 e. The third kappa shape index (κ3) is 5.77. The van der Waals surface area contributed by atoms with Crippen molar-refractivity contribution in [1.29, 1.82) is 0 Å². The second kappa shape index (κ2) is 9.46. The highest BCUT2D eigenvalue weighted by molar-refractivity contribution is 7.38. The Hall–Kier alpha value is 0.524. The fourth-order valence-electron chi connectivity index (χ4n) is 4.38. The molecule has 0 aromatic heterocycles. The van der Waals surface area contributed by atoms with Gasteiger partial charge in [0, 0.05) is 0 Å². The standard InChI is InChI=1S/C19H44B2OSi2/c1-9-20(10-2)16-13-19(14-17-21(11-3)12-4)15-18-23(5,6)24(7,8)22-19/h9-18H2,1-8H3. The molecule has 1 fully saturated rings. The molecule has 1 aliphatic heterocycles. The molecule has 0 amide bonds. The Bertz CT molecular complexity index is 350. The fourth-order valence-corrected chi connectivity index (χ4v) is 11.4. The predicted octanol–water partition coefficient (Wildman–Crippen LogP) is 6.99. The molecule has 1 aliphatic rings. The number of hydrogen-bond donors (Lipinski definition) is 0. The van der Waals surface area contributed by atoms with Crippen LogP contribution in [0.4, 0.5) is 0 Å². The summed E-state index contributed by atoms with van der Waals surface area (Å²) in [5.74, 6) is 0. The second-order valence-electron chi connectivity index (χ2n) is 9.62. The highest BCUT2D eigenvalue weighted by Gasteiger charge is 2.52. The molecular weight excluding hydrogens is 322 g/mol. The summed E-state index contributed by atoms with van der Waals surface area (Å²) in [6, 6.07) is 1.50. The predicted molar refractivity (Wildman–Crippen MR) is 120 cm³/mol. The summed E-state index contributed by atoms with van der Waals surface area (Å²) in [5, 5.41) is 0. The molecule has 0 radical (unpaired) electrons. The van der Waals surface area contributed by atoms with Gasteiger partial charge in [-0.05, 0) is 32.4 Å². The van der Waals surface area contributed by atoms with E-state index in [0.29, 0.717) is 0 Å². The zero-order chi connectivity index (χ0) is 18.4. The number of hydrogen-bond acceptors (Lipinski definition) is 1. The molecule has 1 nitrogen and oxygen atoms in total. The molecule has 0 bridgehead atoms. The second-order valence-corrected chi connectivity index (χ2v) is 24.8. The van der Waals surface area contributed by atoms with Crippen LogP contribution in [0.1, 0.15) is 47.0 Å². The summed E-state index contributed by atoms with van der Waals surface area (Å²) in [7, 11) is -2.64. The van der Waals surface area contributed by atoms with Crippen LogP contribution in [0.2, 0.25) is 70.2 Å². The van der Waals surface area contributed by atoms with Gasteiger partial charge in [0.2, 0.25) is 0 Å². The van der Waals surface area contributed by atoms with Crippen LogP contribution in [0.5, 0.6) is 0 Å². The van der Waals surface area contributed by atoms with E-state index in [4.69, 9.17) is 4.43 Å². The summed E-state index contributed by atoms with van der Waals surface area (Å²) >= 11 is 0. The Balaban J connectivity index is 2.87. The van der Waals surface area contributed by atoms with Crippen molar-refractivity contribution in [1.82, 2.24) is 0 Å². The average Bonchev–Trinajstić information content (AvgIpc) is 2.53. The lowest BCUT2D eigenvalue weighted by molar-refractivity contribution is 0.0445. The van der Waals surface area contributed by atoms with Gasteiger partial charge in [0.15, 0.2) is 7.83 Å². The summed E-state index contributed by atoms with van der Waals surface area (Å²) in [6.07, 6.45) is 12.1. The first-order chi connectivity index (χ1) is 11.1. The quantitative estimate of drug-likeness (QED) is 0.379. The molecule has 140 valence electrons. The van der Waals surface area contributed by atoms with Crippen molar-refractivity contribution in [3.8, 4) is 0 Å². The average molecular weight is 366 g/mol. The lowest BCUT2D eigenvalue weighted by atomic mass is 9.41. The summed E-state index contributed by atoms with van der Waals surface area (Å²) in [5.41, 5.74) is 0.226. The van der Waals surface area contributed by atoms with Crippen molar-refractivity contribution in [3.63, 3.8) is 0 Å². The van der Waals surface area contributed by atoms with E-state index in [1.54, 1.807) is 0 Å². The van der Waals surface area contributed by atoms with Gasteiger partial charge < -0.3 is 4.43 Å². The van der Waals surface area contributed by atoms with E-state index in [1.807, 2.05) is 0 Å². The molecule has 0 spiro atoms. The molecule has 0 atom stereocenters. The molecule has 0 saturated carbocycles. The minimum absolute atomic E-state index is 0.226. The van der Waals surface area contributed by atoms with Crippen molar-refractivity contribution in [2.45, 2.75) is 123 Å². The van der Waals surface area contributed by atoms with Gasteiger partial charge in [-0.1, -0.05) is 84.8 Å². The summed E-state index contributed by atoms with van der Waals surface area (Å²) in [6.45, 7) is 21.5. The van der Waals surface area contributed by atoms with Crippen LogP contribution < -0.4 is 0 Å². The van der Waals surface area contributed by atoms with E-state index in [0.717, 1.165) is 13.4 Å². The molecule has 5 heteroatoms. The van der Waals surface area contributed by atoms with Crippen LogP contribution in [-0.2, 0) is 4.43 Å². The Kier molecular flexibility index (Phi) is 8.89. The third-order valence-corrected chi connectivity index (χ3v) is 24.2. The Morgan fingerprint density at radius 1 is 0.792 bits per heavy atom. The van der Waals surface area contributed by atoms with E-state index < -0.39 is 15.4 Å². The molecule has 0 aromatic rings. The van der Waals surface area contributed by atoms with Crippen LogP contribution in [0.3, 0.4) is 0 Å². The topological polar surface area (TPSA) is 9.23 Å². The van der Waals surface area contributed by atoms with Crippen LogP contribution in [0.25, 0.3) is 0 Å². The molecule has 1 rings (SSSR count). The first-order valence-corrected chi connectivity index (χ1v) is 18.0. The Labute approximate surface area is 156 Å². The molecule has 0 unspecified atom stereocenters. The molecular formula is C19H44B2OSi2. The van der Waals surface area contributed by atoms with E-state index in [2.05, 4.69) is 53.9 Å². The van der Waals surface area contributed by atoms with E-state index in [-0.39, 0.29) is 5.60 Å². The van der Waals surface area contributed by atoms with Crippen LogP contribution in [0, 0.1) is 0 Å². The zero-order valence-corrected chi connectivity index (χ0v) is 20.1. The fraction of sp³-hybridized carbons (Fsp3) is 1.00. The maximum atomic E-state index is 7.16. The Morgan fingerprint density at radius 2 is 1.21 bits per heavy atom. The third-order valence-electron chi connectivity index (χ3n) is 7.63. The molecule has 1 heterocycles. The van der Waals surface area contributed by atoms with Gasteiger partial charge >= 0.3 is 0 Å². The van der Waals surface area contributed by atoms with Gasteiger partial charge in [0.05, 0.1) is 13.2 Å². The van der Waals surface area contributed by atoms with Crippen LogP contribution in [0.15, 0.2) is 0 Å². The minimum atomic E-state index is -1.50. The number of rotatable bonds is 10. The van der Waals surface area contributed by atoms with Gasteiger partial charge in [0.25, 0.3) is 0 Å². The van der Waals surface area contributed by atoms with Gasteiger partial charge in [-0.2, -0.15) is 0 Å². The van der Waals surface area contributed by atoms with Gasteiger partial charge in [0.1, 0.15) is 13.4 Å². The van der Waals surface area contributed by atoms with Crippen molar-refractivity contribution >= 4 is 28.9 Å². The molecule has 1 saturated heterocycles. The molecule has 0 N–H and O–H groups in total. The van der Waals surface area contributed by atoms with Crippen molar-refractivity contribution in [2.75, 3.05) is 0 Å². The Morgan fingerprint density at radius 3 is 1.54 bits per heavy atom. The van der Waals surface area contributed by atoms with E-state index in [1.165, 1.54) is 63.2 Å². The van der Waals surface area contributed by atoms with E-state index >= 15 is 0 Å². The molecule has 0 aliphatic carbocycles. The first-order valence-electron chi connectivity index (χ1n) is 10.9. The maximum absolute atomic E-state index is 7.16. The molecule has 0 aromatic carbocycles. The minimum Gasteiger partial charge on any atom is -0.415 e. The maximum Gasteiger partial charge on any atom is 0.174 e. The van der Waals surface area contributed by atoms with Gasteiger partial charge in [-0.15, -0.1) is 0 Å². The normalized spacial score (nSPS) is 21.5. The lowest BCUT2D eigenvalue weighted by Gasteiger charge is -2.53. The lowest BCUT2D eigenvalue weighted by Crippen LogP contribution is -2.65. The van der Waals surface area contributed by atoms with Crippen LogP contribution in [-0.4, -0.2) is 34.5 Å². The van der Waals surface area contributed by atoms with Crippen molar-refractivity contribution in [2.24, 2.45) is 0 Å². The first kappa shape index (κ1) is 22.6. The molecule has 24 heavy (non-hydrogen) atoms. The van der Waals surface area contributed by atoms with Gasteiger partial charge in [-0.3, -0.25) is 0 Å². The summed E-state index contributed by atoms with van der Waals surface area (Å²) < 4.78 is 7.16.